The Bertz CT molecular complexity index is 1020. The summed E-state index contributed by atoms with van der Waals surface area (Å²) < 4.78 is 5.90. The number of aliphatic imine (C=N–C) groups is 1. The van der Waals surface area contributed by atoms with Gasteiger partial charge in [0, 0.05) is 30.2 Å². The summed E-state index contributed by atoms with van der Waals surface area (Å²) in [4.78, 5) is 8.83. The molecule has 0 bridgehead atoms. The number of nitrogens with zero attached hydrogens (tertiary/aromatic N) is 2. The molecule has 140 valence electrons. The van der Waals surface area contributed by atoms with Crippen LogP contribution in [0, 0.1) is 0 Å². The van der Waals surface area contributed by atoms with Gasteiger partial charge in [-0.25, -0.2) is 0 Å². The average molecular weight is 370 g/mol. The Morgan fingerprint density at radius 2 is 2.00 bits per heavy atom. The number of aryl methyl sites for hydroxylation is 1. The van der Waals surface area contributed by atoms with Gasteiger partial charge in [-0.15, -0.1) is 0 Å². The number of hydrogen-bond acceptors (Lipinski definition) is 5. The third-order valence-electron chi connectivity index (χ3n) is 5.32. The van der Waals surface area contributed by atoms with Crippen molar-refractivity contribution in [3.63, 3.8) is 0 Å². The van der Waals surface area contributed by atoms with Gasteiger partial charge in [0.25, 0.3) is 6.02 Å². The highest BCUT2D eigenvalue weighted by molar-refractivity contribution is 5.80. The fraction of sp³-hybridized carbons (Fsp3) is 0.217. The van der Waals surface area contributed by atoms with Crippen LogP contribution >= 0.6 is 0 Å². The fourth-order valence-electron chi connectivity index (χ4n) is 3.84. The van der Waals surface area contributed by atoms with E-state index in [1.807, 2.05) is 18.3 Å². The third-order valence-corrected chi connectivity index (χ3v) is 5.32. The van der Waals surface area contributed by atoms with E-state index in [2.05, 4.69) is 63.1 Å². The molecule has 1 aromatic heterocycles. The summed E-state index contributed by atoms with van der Waals surface area (Å²) in [5, 5.41) is 6.91. The van der Waals surface area contributed by atoms with Gasteiger partial charge in [0.15, 0.2) is 0 Å². The van der Waals surface area contributed by atoms with Crippen LogP contribution in [0.15, 0.2) is 72.0 Å². The van der Waals surface area contributed by atoms with Crippen LogP contribution in [-0.2, 0) is 24.3 Å². The van der Waals surface area contributed by atoms with Crippen LogP contribution in [0.25, 0.3) is 0 Å². The van der Waals surface area contributed by atoms with E-state index >= 15 is 0 Å². The quantitative estimate of drug-likeness (QED) is 0.710. The highest BCUT2D eigenvalue weighted by Gasteiger charge is 2.24. The molecule has 0 unspecified atom stereocenters. The largest absolute Gasteiger partial charge is 0.460 e. The molecule has 0 spiro atoms. The maximum Gasteiger partial charge on any atom is 0.290 e. The first kappa shape index (κ1) is 16.8. The van der Waals surface area contributed by atoms with Crippen molar-refractivity contribution in [1.82, 2.24) is 10.3 Å². The number of aromatic nitrogens is 1. The molecule has 1 aliphatic carbocycles. The van der Waals surface area contributed by atoms with Crippen molar-refractivity contribution in [2.24, 2.45) is 4.99 Å². The molecule has 2 heterocycles. The summed E-state index contributed by atoms with van der Waals surface area (Å²) in [5.41, 5.74) is 7.04. The minimum atomic E-state index is 0.275. The summed E-state index contributed by atoms with van der Waals surface area (Å²) in [6.07, 6.45) is 5.83. The number of fused-ring (bicyclic) bond motifs is 2. The van der Waals surface area contributed by atoms with Crippen molar-refractivity contribution < 1.29 is 4.74 Å². The van der Waals surface area contributed by atoms with E-state index in [1.54, 1.807) is 6.20 Å². The molecule has 28 heavy (non-hydrogen) atoms. The Morgan fingerprint density at radius 1 is 1.04 bits per heavy atom. The maximum atomic E-state index is 5.90. The molecule has 0 saturated heterocycles. The number of anilines is 1. The minimum absolute atomic E-state index is 0.275. The summed E-state index contributed by atoms with van der Waals surface area (Å²) >= 11 is 0. The number of amidine groups is 1. The maximum absolute atomic E-state index is 5.90. The van der Waals surface area contributed by atoms with Gasteiger partial charge in [-0.1, -0.05) is 30.3 Å². The molecule has 2 N–H and O–H groups in total. The van der Waals surface area contributed by atoms with Crippen LogP contribution in [0.3, 0.4) is 0 Å². The molecule has 5 rings (SSSR count). The van der Waals surface area contributed by atoms with E-state index < -0.39 is 0 Å². The second-order valence-electron chi connectivity index (χ2n) is 7.20. The zero-order valence-electron chi connectivity index (χ0n) is 15.6. The van der Waals surface area contributed by atoms with Gasteiger partial charge in [0.2, 0.25) is 0 Å². The third kappa shape index (κ3) is 3.43. The first-order valence-electron chi connectivity index (χ1n) is 9.67. The summed E-state index contributed by atoms with van der Waals surface area (Å²) in [6.45, 7) is 1.27. The molecule has 1 aliphatic heterocycles. The van der Waals surface area contributed by atoms with Crippen molar-refractivity contribution in [3.05, 3.63) is 89.2 Å². The average Bonchev–Trinajstić information content (AvgIpc) is 3.16. The lowest BCUT2D eigenvalue weighted by Gasteiger charge is -2.22. The van der Waals surface area contributed by atoms with Crippen LogP contribution in [0.1, 0.15) is 34.7 Å². The smallest absolute Gasteiger partial charge is 0.290 e. The molecule has 5 heteroatoms. The van der Waals surface area contributed by atoms with Gasteiger partial charge in [0.1, 0.15) is 6.61 Å². The van der Waals surface area contributed by atoms with E-state index in [0.717, 1.165) is 41.9 Å². The molecule has 0 fully saturated rings. The van der Waals surface area contributed by atoms with Crippen molar-refractivity contribution in [3.8, 4) is 0 Å². The van der Waals surface area contributed by atoms with Crippen LogP contribution in [-0.4, -0.2) is 11.0 Å². The Morgan fingerprint density at radius 3 is 2.93 bits per heavy atom. The number of hydrogen-bond donors (Lipinski definition) is 2. The van der Waals surface area contributed by atoms with Crippen LogP contribution in [0.4, 0.5) is 11.4 Å². The van der Waals surface area contributed by atoms with Gasteiger partial charge in [-0.2, -0.15) is 4.99 Å². The first-order chi connectivity index (χ1) is 13.8. The van der Waals surface area contributed by atoms with E-state index in [0.29, 0.717) is 12.6 Å². The zero-order chi connectivity index (χ0) is 18.8. The van der Waals surface area contributed by atoms with E-state index in [-0.39, 0.29) is 6.04 Å². The van der Waals surface area contributed by atoms with Crippen LogP contribution in [0.2, 0.25) is 0 Å². The molecule has 3 aromatic rings. The molecule has 0 saturated carbocycles. The van der Waals surface area contributed by atoms with Gasteiger partial charge in [-0.05, 0) is 53.8 Å². The van der Waals surface area contributed by atoms with Crippen molar-refractivity contribution in [2.45, 2.75) is 32.0 Å². The van der Waals surface area contributed by atoms with E-state index in [1.165, 1.54) is 11.1 Å². The molecule has 5 nitrogen and oxygen atoms in total. The molecule has 2 aromatic carbocycles. The van der Waals surface area contributed by atoms with Crippen molar-refractivity contribution in [2.75, 3.05) is 5.32 Å². The van der Waals surface area contributed by atoms with Crippen LogP contribution in [0.5, 0.6) is 0 Å². The Kier molecular flexibility index (Phi) is 4.41. The topological polar surface area (TPSA) is 58.5 Å². The van der Waals surface area contributed by atoms with Gasteiger partial charge in [0.05, 0.1) is 11.7 Å². The van der Waals surface area contributed by atoms with Crippen molar-refractivity contribution >= 4 is 17.4 Å². The lowest BCUT2D eigenvalue weighted by atomic mass is 10.1. The van der Waals surface area contributed by atoms with Crippen LogP contribution < -0.4 is 10.6 Å². The zero-order valence-corrected chi connectivity index (χ0v) is 15.6. The van der Waals surface area contributed by atoms with E-state index in [4.69, 9.17) is 4.74 Å². The molecular formula is C23H22N4O. The summed E-state index contributed by atoms with van der Waals surface area (Å²) in [5.74, 6) is 0. The SMILES string of the molecule is c1cncc(CNc2ccc3c(c2)COC(N[C@@H]2CCc4ccccc42)=N3)c1. The molecule has 0 radical (unpaired) electrons. The standard InChI is InChI=1S/C23H22N4O/c1-2-6-20-17(5-1)7-9-22(20)27-23-26-21-10-8-19(12-18(21)15-28-23)25-14-16-4-3-11-24-13-16/h1-6,8,10-13,22,25H,7,9,14-15H2,(H,26,27)/t22-/m1/s1. The number of pyridine rings is 1. The number of nitrogens with one attached hydrogen (secondary N) is 2. The summed E-state index contributed by atoms with van der Waals surface area (Å²) in [6, 6.07) is 19.7. The highest BCUT2D eigenvalue weighted by atomic mass is 16.5. The summed E-state index contributed by atoms with van der Waals surface area (Å²) in [7, 11) is 0. The van der Waals surface area contributed by atoms with E-state index in [9.17, 15) is 0 Å². The van der Waals surface area contributed by atoms with Crippen molar-refractivity contribution in [1.29, 1.82) is 0 Å². The molecule has 2 aliphatic rings. The van der Waals surface area contributed by atoms with Gasteiger partial charge >= 0.3 is 0 Å². The normalized spacial score (nSPS) is 17.1. The Hall–Kier alpha value is -3.34. The second kappa shape index (κ2) is 7.35. The van der Waals surface area contributed by atoms with Gasteiger partial charge in [-0.3, -0.25) is 4.98 Å². The molecule has 1 atom stereocenters. The first-order valence-corrected chi connectivity index (χ1v) is 9.67. The highest BCUT2D eigenvalue weighted by Crippen LogP contribution is 2.32. The predicted octanol–water partition coefficient (Wildman–Crippen LogP) is 4.49. The Labute approximate surface area is 164 Å². The molecular weight excluding hydrogens is 348 g/mol. The monoisotopic (exact) mass is 370 g/mol. The van der Waals surface area contributed by atoms with Gasteiger partial charge < -0.3 is 15.4 Å². The second-order valence-corrected chi connectivity index (χ2v) is 7.20. The fourth-order valence-corrected chi connectivity index (χ4v) is 3.84. The number of ether oxygens (including phenoxy) is 1. The molecule has 0 amide bonds. The lowest BCUT2D eigenvalue weighted by molar-refractivity contribution is 0.266. The minimum Gasteiger partial charge on any atom is -0.460 e. The predicted molar refractivity (Wildman–Crippen MR) is 111 cm³/mol. The lowest BCUT2D eigenvalue weighted by Crippen LogP contribution is -2.30. The number of rotatable bonds is 4. The Balaban J connectivity index is 1.27. The number of benzene rings is 2.